The van der Waals surface area contributed by atoms with Crippen molar-refractivity contribution in [3.8, 4) is 0 Å². The van der Waals surface area contributed by atoms with E-state index in [4.69, 9.17) is 11.6 Å². The third-order valence-corrected chi connectivity index (χ3v) is 8.63. The van der Waals surface area contributed by atoms with Crippen molar-refractivity contribution in [3.63, 3.8) is 0 Å². The predicted octanol–water partition coefficient (Wildman–Crippen LogP) is 3.46. The second-order valence-electron chi connectivity index (χ2n) is 7.55. The molecule has 31 heavy (non-hydrogen) atoms. The molecule has 0 aromatic heterocycles. The second-order valence-corrected chi connectivity index (χ2v) is 12.0. The Labute approximate surface area is 188 Å². The Kier molecular flexibility index (Phi) is 7.74. The van der Waals surface area contributed by atoms with Crippen LogP contribution >= 0.6 is 11.6 Å². The Morgan fingerprint density at radius 2 is 1.45 bits per heavy atom. The highest BCUT2D eigenvalue weighted by Crippen LogP contribution is 2.22. The van der Waals surface area contributed by atoms with Gasteiger partial charge in [0.15, 0.2) is 9.84 Å². The van der Waals surface area contributed by atoms with Gasteiger partial charge in [-0.05, 0) is 54.8 Å². The number of amides is 1. The van der Waals surface area contributed by atoms with Crippen LogP contribution in [0.1, 0.15) is 31.2 Å². The number of carbonyl (C=O) groups excluding carboxylic acids is 1. The van der Waals surface area contributed by atoms with E-state index in [1.54, 1.807) is 24.3 Å². The summed E-state index contributed by atoms with van der Waals surface area (Å²) in [7, 11) is -7.26. The molecule has 2 aromatic rings. The van der Waals surface area contributed by atoms with Gasteiger partial charge >= 0.3 is 0 Å². The van der Waals surface area contributed by atoms with Crippen LogP contribution in [0.5, 0.6) is 0 Å². The van der Waals surface area contributed by atoms with Crippen molar-refractivity contribution in [2.24, 2.45) is 0 Å². The Bertz CT molecular complexity index is 1110. The molecule has 1 aliphatic heterocycles. The fourth-order valence-corrected chi connectivity index (χ4v) is 6.34. The molecular formula is C21H25ClN2O5S2. The third kappa shape index (κ3) is 6.77. The zero-order chi connectivity index (χ0) is 22.5. The summed E-state index contributed by atoms with van der Waals surface area (Å²) in [6, 6.07) is 12.2. The molecule has 0 aliphatic carbocycles. The molecule has 0 spiro atoms. The van der Waals surface area contributed by atoms with Crippen molar-refractivity contribution < 1.29 is 21.6 Å². The van der Waals surface area contributed by atoms with Crippen LogP contribution in [-0.2, 0) is 30.4 Å². The Hall–Kier alpha value is -1.94. The van der Waals surface area contributed by atoms with Crippen LogP contribution < -0.4 is 5.32 Å². The van der Waals surface area contributed by atoms with E-state index in [1.165, 1.54) is 28.6 Å². The molecule has 1 fully saturated rings. The first-order valence-corrected chi connectivity index (χ1v) is 13.6. The molecule has 10 heteroatoms. The van der Waals surface area contributed by atoms with Crippen LogP contribution in [0, 0.1) is 0 Å². The van der Waals surface area contributed by atoms with Gasteiger partial charge in [-0.1, -0.05) is 36.6 Å². The van der Waals surface area contributed by atoms with Crippen molar-refractivity contribution in [2.45, 2.75) is 36.3 Å². The molecule has 1 amide bonds. The van der Waals surface area contributed by atoms with Crippen LogP contribution in [0.4, 0.5) is 5.69 Å². The van der Waals surface area contributed by atoms with E-state index >= 15 is 0 Å². The number of rotatable bonds is 7. The summed E-state index contributed by atoms with van der Waals surface area (Å²) in [5, 5.41) is 3.01. The van der Waals surface area contributed by atoms with Gasteiger partial charge in [-0.15, -0.1) is 0 Å². The lowest BCUT2D eigenvalue weighted by Crippen LogP contribution is -2.31. The van der Waals surface area contributed by atoms with Gasteiger partial charge in [-0.2, -0.15) is 4.31 Å². The van der Waals surface area contributed by atoms with Gasteiger partial charge in [0.25, 0.3) is 0 Å². The number of benzene rings is 2. The molecule has 3 rings (SSSR count). The lowest BCUT2D eigenvalue weighted by molar-refractivity contribution is -0.113. The molecule has 0 radical (unpaired) electrons. The highest BCUT2D eigenvalue weighted by Gasteiger charge is 2.25. The molecule has 1 N–H and O–H groups in total. The minimum atomic E-state index is -3.67. The van der Waals surface area contributed by atoms with Crippen LogP contribution in [0.25, 0.3) is 0 Å². The maximum Gasteiger partial charge on any atom is 0.243 e. The molecule has 2 aromatic carbocycles. The first-order chi connectivity index (χ1) is 14.7. The topological polar surface area (TPSA) is 101 Å². The minimum Gasteiger partial charge on any atom is -0.325 e. The molecule has 7 nitrogen and oxygen atoms in total. The summed E-state index contributed by atoms with van der Waals surface area (Å²) < 4.78 is 51.7. The molecule has 0 atom stereocenters. The average molecular weight is 485 g/mol. The molecule has 1 heterocycles. The van der Waals surface area contributed by atoms with Gasteiger partial charge < -0.3 is 5.32 Å². The van der Waals surface area contributed by atoms with E-state index in [9.17, 15) is 21.6 Å². The molecule has 0 unspecified atom stereocenters. The number of hydrogen-bond acceptors (Lipinski definition) is 5. The van der Waals surface area contributed by atoms with Crippen LogP contribution in [0.3, 0.4) is 0 Å². The molecule has 0 bridgehead atoms. The predicted molar refractivity (Wildman–Crippen MR) is 121 cm³/mol. The van der Waals surface area contributed by atoms with E-state index < -0.39 is 31.5 Å². The van der Waals surface area contributed by atoms with Gasteiger partial charge in [-0.3, -0.25) is 4.79 Å². The first kappa shape index (κ1) is 23.7. The molecule has 1 saturated heterocycles. The summed E-state index contributed by atoms with van der Waals surface area (Å²) in [6.07, 6.45) is 3.74. The van der Waals surface area contributed by atoms with Gasteiger partial charge in [-0.25, -0.2) is 16.8 Å². The van der Waals surface area contributed by atoms with E-state index in [1.807, 2.05) is 0 Å². The van der Waals surface area contributed by atoms with Crippen molar-refractivity contribution in [2.75, 3.05) is 24.2 Å². The SMILES string of the molecule is O=C(CS(=O)(=O)Cc1ccc(Cl)cc1)Nc1ccc(S(=O)(=O)N2CCCCCC2)cc1. The number of hydrogen-bond donors (Lipinski definition) is 1. The Morgan fingerprint density at radius 3 is 2.03 bits per heavy atom. The maximum absolute atomic E-state index is 12.8. The fourth-order valence-electron chi connectivity index (χ4n) is 3.42. The smallest absolute Gasteiger partial charge is 0.243 e. The number of anilines is 1. The fraction of sp³-hybridized carbons (Fsp3) is 0.381. The van der Waals surface area contributed by atoms with Gasteiger partial charge in [0.1, 0.15) is 5.75 Å². The zero-order valence-electron chi connectivity index (χ0n) is 17.0. The molecule has 0 saturated carbocycles. The van der Waals surface area contributed by atoms with E-state index in [2.05, 4.69) is 5.32 Å². The van der Waals surface area contributed by atoms with Gasteiger partial charge in [0, 0.05) is 23.8 Å². The maximum atomic E-state index is 12.8. The summed E-state index contributed by atoms with van der Waals surface area (Å²) in [5.41, 5.74) is 0.877. The van der Waals surface area contributed by atoms with E-state index in [-0.39, 0.29) is 10.6 Å². The quantitative estimate of drug-likeness (QED) is 0.648. The van der Waals surface area contributed by atoms with Crippen LogP contribution in [0.15, 0.2) is 53.4 Å². The zero-order valence-corrected chi connectivity index (χ0v) is 19.3. The van der Waals surface area contributed by atoms with Crippen molar-refractivity contribution in [3.05, 3.63) is 59.1 Å². The normalized spacial score (nSPS) is 15.9. The Balaban J connectivity index is 1.61. The second kappa shape index (κ2) is 10.1. The lowest BCUT2D eigenvalue weighted by Gasteiger charge is -2.20. The highest BCUT2D eigenvalue weighted by molar-refractivity contribution is 7.91. The van der Waals surface area contributed by atoms with Crippen LogP contribution in [-0.4, -0.2) is 45.9 Å². The van der Waals surface area contributed by atoms with Gasteiger partial charge in [0.2, 0.25) is 15.9 Å². The highest BCUT2D eigenvalue weighted by atomic mass is 35.5. The minimum absolute atomic E-state index is 0.155. The molecular weight excluding hydrogens is 460 g/mol. The Morgan fingerprint density at radius 1 is 0.871 bits per heavy atom. The standard InChI is InChI=1S/C21H25ClN2O5S2/c22-18-7-5-17(6-8-18)15-30(26,27)16-21(25)23-19-9-11-20(12-10-19)31(28,29)24-13-3-1-2-4-14-24/h5-12H,1-4,13-16H2,(H,23,25). The van der Waals surface area contributed by atoms with Crippen molar-refractivity contribution in [1.82, 2.24) is 4.31 Å². The number of nitrogens with one attached hydrogen (secondary N) is 1. The molecule has 1 aliphatic rings. The summed E-state index contributed by atoms with van der Waals surface area (Å²) in [6.45, 7) is 1.01. The third-order valence-electron chi connectivity index (χ3n) is 4.99. The molecule has 168 valence electrons. The average Bonchev–Trinajstić information content (AvgIpc) is 2.99. The number of sulfone groups is 1. The van der Waals surface area contributed by atoms with E-state index in [0.29, 0.717) is 29.4 Å². The summed E-state index contributed by atoms with van der Waals surface area (Å²) >= 11 is 5.79. The van der Waals surface area contributed by atoms with Crippen molar-refractivity contribution >= 4 is 43.1 Å². The largest absolute Gasteiger partial charge is 0.325 e. The monoisotopic (exact) mass is 484 g/mol. The number of nitrogens with zero attached hydrogens (tertiary/aromatic N) is 1. The number of halogens is 1. The van der Waals surface area contributed by atoms with Crippen molar-refractivity contribution in [1.29, 1.82) is 0 Å². The van der Waals surface area contributed by atoms with Crippen LogP contribution in [0.2, 0.25) is 5.02 Å². The number of carbonyl (C=O) groups is 1. The first-order valence-electron chi connectivity index (χ1n) is 10.0. The lowest BCUT2D eigenvalue weighted by atomic mass is 10.2. The van der Waals surface area contributed by atoms with E-state index in [0.717, 1.165) is 25.7 Å². The van der Waals surface area contributed by atoms with Gasteiger partial charge in [0.05, 0.1) is 10.6 Å². The number of sulfonamides is 1. The summed E-state index contributed by atoms with van der Waals surface area (Å²) in [5.74, 6) is -1.63. The summed E-state index contributed by atoms with van der Waals surface area (Å²) in [4.78, 5) is 12.4.